The zero-order valence-electron chi connectivity index (χ0n) is 13.8. The van der Waals surface area contributed by atoms with Crippen molar-refractivity contribution in [2.24, 2.45) is 0 Å². The van der Waals surface area contributed by atoms with Gasteiger partial charge < -0.3 is 4.98 Å². The van der Waals surface area contributed by atoms with Crippen LogP contribution in [0.4, 0.5) is 4.39 Å². The van der Waals surface area contributed by atoms with Gasteiger partial charge in [-0.1, -0.05) is 30.3 Å². The van der Waals surface area contributed by atoms with Crippen molar-refractivity contribution in [1.29, 1.82) is 0 Å². The molecule has 0 fully saturated rings. The molecule has 3 aromatic rings. The highest BCUT2D eigenvalue weighted by Gasteiger charge is 2.11. The molecule has 0 spiro atoms. The number of nitrogens with one attached hydrogen (secondary N) is 2. The number of sulfonamides is 1. The number of aromatic nitrogens is 1. The van der Waals surface area contributed by atoms with Gasteiger partial charge in [0.25, 0.3) is 0 Å². The monoisotopic (exact) mass is 360 g/mol. The summed E-state index contributed by atoms with van der Waals surface area (Å²) in [5.74, 6) is -0.180. The van der Waals surface area contributed by atoms with Crippen LogP contribution < -0.4 is 4.72 Å². The van der Waals surface area contributed by atoms with Crippen molar-refractivity contribution in [2.45, 2.75) is 19.3 Å². The molecule has 2 aromatic carbocycles. The second-order valence-corrected chi connectivity index (χ2v) is 7.98. The highest BCUT2D eigenvalue weighted by molar-refractivity contribution is 7.89. The molecular weight excluding hydrogens is 339 g/mol. The molecule has 0 amide bonds. The van der Waals surface area contributed by atoms with Gasteiger partial charge in [0, 0.05) is 23.6 Å². The molecule has 1 heterocycles. The highest BCUT2D eigenvalue weighted by atomic mass is 32.2. The van der Waals surface area contributed by atoms with Crippen molar-refractivity contribution in [1.82, 2.24) is 9.71 Å². The van der Waals surface area contributed by atoms with Crippen molar-refractivity contribution in [3.63, 3.8) is 0 Å². The van der Waals surface area contributed by atoms with Crippen LogP contribution in [0, 0.1) is 5.82 Å². The molecule has 6 heteroatoms. The molecule has 132 valence electrons. The van der Waals surface area contributed by atoms with Crippen LogP contribution in [-0.2, 0) is 22.9 Å². The third-order valence-corrected chi connectivity index (χ3v) is 5.64. The largest absolute Gasteiger partial charge is 0.361 e. The average Bonchev–Trinajstić information content (AvgIpc) is 2.97. The first-order valence-corrected chi connectivity index (χ1v) is 9.95. The maximum atomic E-state index is 13.2. The van der Waals surface area contributed by atoms with E-state index in [1.165, 1.54) is 12.1 Å². The van der Waals surface area contributed by atoms with Crippen LogP contribution in [0.1, 0.15) is 17.5 Å². The molecule has 0 radical (unpaired) electrons. The fourth-order valence-electron chi connectivity index (χ4n) is 2.89. The summed E-state index contributed by atoms with van der Waals surface area (Å²) in [6.45, 7) is 0.331. The Labute approximate surface area is 147 Å². The molecule has 0 bridgehead atoms. The van der Waals surface area contributed by atoms with Crippen LogP contribution in [0.3, 0.4) is 0 Å². The van der Waals surface area contributed by atoms with Crippen LogP contribution in [0.5, 0.6) is 0 Å². The lowest BCUT2D eigenvalue weighted by Crippen LogP contribution is -2.28. The summed E-state index contributed by atoms with van der Waals surface area (Å²) >= 11 is 0. The van der Waals surface area contributed by atoms with Crippen molar-refractivity contribution >= 4 is 20.9 Å². The number of aryl methyl sites for hydroxylation is 1. The van der Waals surface area contributed by atoms with Gasteiger partial charge in [-0.05, 0) is 48.6 Å². The average molecular weight is 360 g/mol. The van der Waals surface area contributed by atoms with E-state index in [1.807, 2.05) is 30.3 Å². The summed E-state index contributed by atoms with van der Waals surface area (Å²) < 4.78 is 40.0. The number of H-pyrrole nitrogens is 1. The number of benzene rings is 2. The lowest BCUT2D eigenvalue weighted by molar-refractivity contribution is 0.579. The molecule has 0 aliphatic rings. The lowest BCUT2D eigenvalue weighted by atomic mass is 10.1. The lowest BCUT2D eigenvalue weighted by Gasteiger charge is -2.06. The van der Waals surface area contributed by atoms with E-state index in [2.05, 4.69) is 9.71 Å². The number of hydrogen-bond donors (Lipinski definition) is 2. The summed E-state index contributed by atoms with van der Waals surface area (Å²) in [6, 6.07) is 14.4. The van der Waals surface area contributed by atoms with Crippen LogP contribution >= 0.6 is 0 Å². The first-order chi connectivity index (χ1) is 12.0. The van der Waals surface area contributed by atoms with Gasteiger partial charge in [-0.25, -0.2) is 17.5 Å². The minimum atomic E-state index is -3.29. The number of fused-ring (bicyclic) bond motifs is 1. The Morgan fingerprint density at radius 3 is 2.64 bits per heavy atom. The fourth-order valence-corrected chi connectivity index (χ4v) is 3.97. The van der Waals surface area contributed by atoms with Crippen LogP contribution in [-0.4, -0.2) is 25.7 Å². The van der Waals surface area contributed by atoms with E-state index < -0.39 is 10.0 Å². The molecule has 25 heavy (non-hydrogen) atoms. The van der Waals surface area contributed by atoms with Gasteiger partial charge in [-0.15, -0.1) is 0 Å². The Kier molecular flexibility index (Phi) is 5.50. The maximum absolute atomic E-state index is 13.2. The van der Waals surface area contributed by atoms with Crippen LogP contribution in [0.2, 0.25) is 0 Å². The van der Waals surface area contributed by atoms with Crippen molar-refractivity contribution in [2.75, 3.05) is 12.3 Å². The minimum Gasteiger partial charge on any atom is -0.361 e. The summed E-state index contributed by atoms with van der Waals surface area (Å²) in [4.78, 5) is 3.01. The molecule has 0 unspecified atom stereocenters. The first-order valence-electron chi connectivity index (χ1n) is 8.30. The molecule has 0 atom stereocenters. The van der Waals surface area contributed by atoms with E-state index in [4.69, 9.17) is 0 Å². The van der Waals surface area contributed by atoms with E-state index >= 15 is 0 Å². The Balaban J connectivity index is 1.48. The van der Waals surface area contributed by atoms with Gasteiger partial charge in [-0.3, -0.25) is 0 Å². The van der Waals surface area contributed by atoms with Crippen LogP contribution in [0.15, 0.2) is 54.7 Å². The van der Waals surface area contributed by atoms with Crippen molar-refractivity contribution in [3.05, 3.63) is 71.7 Å². The quantitative estimate of drug-likeness (QED) is 0.647. The molecule has 2 N–H and O–H groups in total. The predicted octanol–water partition coefficient (Wildman–Crippen LogP) is 3.40. The van der Waals surface area contributed by atoms with Gasteiger partial charge in [0.1, 0.15) is 5.82 Å². The van der Waals surface area contributed by atoms with E-state index in [0.717, 1.165) is 28.5 Å². The third kappa shape index (κ3) is 4.90. The smallest absolute Gasteiger partial charge is 0.211 e. The normalized spacial score (nSPS) is 11.9. The molecule has 4 nitrogen and oxygen atoms in total. The number of halogens is 1. The van der Waals surface area contributed by atoms with Crippen molar-refractivity contribution < 1.29 is 12.8 Å². The van der Waals surface area contributed by atoms with E-state index in [1.54, 1.807) is 12.3 Å². The molecule has 3 rings (SSSR count). The topological polar surface area (TPSA) is 62.0 Å². The van der Waals surface area contributed by atoms with E-state index in [0.29, 0.717) is 19.4 Å². The number of aromatic amines is 1. The van der Waals surface area contributed by atoms with Gasteiger partial charge in [-0.2, -0.15) is 0 Å². The van der Waals surface area contributed by atoms with E-state index in [-0.39, 0.29) is 11.6 Å². The minimum absolute atomic E-state index is 0.112. The van der Waals surface area contributed by atoms with Gasteiger partial charge >= 0.3 is 0 Å². The molecule has 1 aromatic heterocycles. The molecule has 0 saturated heterocycles. The number of rotatable bonds is 8. The summed E-state index contributed by atoms with van der Waals surface area (Å²) in [6.07, 6.45) is 3.69. The molecule has 0 aliphatic carbocycles. The van der Waals surface area contributed by atoms with Gasteiger partial charge in [0.15, 0.2) is 0 Å². The Morgan fingerprint density at radius 2 is 1.84 bits per heavy atom. The fraction of sp³-hybridized carbons (Fsp3) is 0.263. The zero-order chi connectivity index (χ0) is 17.7. The number of hydrogen-bond acceptors (Lipinski definition) is 2. The Bertz CT molecular complexity index is 936. The maximum Gasteiger partial charge on any atom is 0.211 e. The molecule has 0 saturated carbocycles. The standard InChI is InChI=1S/C19H21FN2O2S/c20-17-8-9-18-16(14-21-19(18)13-17)10-11-22-25(23,24)12-4-7-15-5-2-1-3-6-15/h1-3,5-6,8-9,13-14,21-22H,4,7,10-12H2. The third-order valence-electron chi connectivity index (χ3n) is 4.17. The molecule has 0 aliphatic heterocycles. The Morgan fingerprint density at radius 1 is 1.04 bits per heavy atom. The second kappa shape index (κ2) is 7.80. The highest BCUT2D eigenvalue weighted by Crippen LogP contribution is 2.19. The Hall–Kier alpha value is -2.18. The summed E-state index contributed by atoms with van der Waals surface area (Å²) in [7, 11) is -3.29. The SMILES string of the molecule is O=S(=O)(CCCc1ccccc1)NCCc1c[nH]c2cc(F)ccc12. The summed E-state index contributed by atoms with van der Waals surface area (Å²) in [5, 5.41) is 0.921. The molecular formula is C19H21FN2O2S. The van der Waals surface area contributed by atoms with Gasteiger partial charge in [0.2, 0.25) is 10.0 Å². The predicted molar refractivity (Wildman–Crippen MR) is 98.5 cm³/mol. The second-order valence-electron chi connectivity index (χ2n) is 6.06. The van der Waals surface area contributed by atoms with Crippen molar-refractivity contribution in [3.8, 4) is 0 Å². The zero-order valence-corrected chi connectivity index (χ0v) is 14.7. The first kappa shape index (κ1) is 17.6. The van der Waals surface area contributed by atoms with E-state index in [9.17, 15) is 12.8 Å². The summed E-state index contributed by atoms with van der Waals surface area (Å²) in [5.41, 5.74) is 2.84. The van der Waals surface area contributed by atoms with Crippen LogP contribution in [0.25, 0.3) is 10.9 Å². The van der Waals surface area contributed by atoms with Gasteiger partial charge in [0.05, 0.1) is 5.75 Å².